The number of sulfonamides is 1. The third kappa shape index (κ3) is 3.91. The van der Waals surface area contributed by atoms with Crippen molar-refractivity contribution >= 4 is 15.8 Å². The highest BCUT2D eigenvalue weighted by molar-refractivity contribution is 7.88. The molecule has 6 nitrogen and oxygen atoms in total. The second-order valence-electron chi connectivity index (χ2n) is 5.64. The molecule has 1 aliphatic heterocycles. The van der Waals surface area contributed by atoms with Crippen LogP contribution >= 0.6 is 0 Å². The van der Waals surface area contributed by atoms with E-state index in [2.05, 4.69) is 14.9 Å². The van der Waals surface area contributed by atoms with Gasteiger partial charge in [-0.3, -0.25) is 0 Å². The summed E-state index contributed by atoms with van der Waals surface area (Å²) in [5.41, 5.74) is 0.970. The number of aryl methyl sites for hydroxylation is 2. The minimum Gasteiger partial charge on any atom is -0.356 e. The average Bonchev–Trinajstić information content (AvgIpc) is 2.45. The molecule has 0 saturated carbocycles. The van der Waals surface area contributed by atoms with Gasteiger partial charge >= 0.3 is 0 Å². The van der Waals surface area contributed by atoms with Gasteiger partial charge in [0.05, 0.1) is 6.26 Å². The van der Waals surface area contributed by atoms with Gasteiger partial charge in [0, 0.05) is 44.4 Å². The first-order chi connectivity index (χ1) is 9.81. The lowest BCUT2D eigenvalue weighted by molar-refractivity contribution is 0.316. The van der Waals surface area contributed by atoms with E-state index in [1.54, 1.807) is 4.31 Å². The normalized spacial score (nSPS) is 17.9. The lowest BCUT2D eigenvalue weighted by Gasteiger charge is -2.36. The lowest BCUT2D eigenvalue weighted by Crippen LogP contribution is -2.45. The number of hydrogen-bond acceptors (Lipinski definition) is 5. The van der Waals surface area contributed by atoms with Crippen LogP contribution in [0.4, 0.5) is 5.82 Å². The second-order valence-corrected chi connectivity index (χ2v) is 7.62. The SMILES string of the molecule is CCc1nc(C)cc(N(C)C2CCN(S(C)(=O)=O)CC2)n1. The first-order valence-corrected chi connectivity index (χ1v) is 9.18. The van der Waals surface area contributed by atoms with Crippen molar-refractivity contribution < 1.29 is 8.42 Å². The van der Waals surface area contributed by atoms with E-state index >= 15 is 0 Å². The maximum atomic E-state index is 11.6. The van der Waals surface area contributed by atoms with E-state index in [1.807, 2.05) is 27.0 Å². The maximum absolute atomic E-state index is 11.6. The average molecular weight is 312 g/mol. The fourth-order valence-electron chi connectivity index (χ4n) is 2.70. The van der Waals surface area contributed by atoms with Crippen LogP contribution in [0.2, 0.25) is 0 Å². The fourth-order valence-corrected chi connectivity index (χ4v) is 3.57. The van der Waals surface area contributed by atoms with Gasteiger partial charge in [-0.05, 0) is 19.8 Å². The highest BCUT2D eigenvalue weighted by Gasteiger charge is 2.27. The molecule has 118 valence electrons. The van der Waals surface area contributed by atoms with Gasteiger partial charge in [0.2, 0.25) is 10.0 Å². The summed E-state index contributed by atoms with van der Waals surface area (Å²) in [6.45, 7) is 5.19. The van der Waals surface area contributed by atoms with Crippen molar-refractivity contribution in [1.29, 1.82) is 0 Å². The molecular formula is C14H24N4O2S. The van der Waals surface area contributed by atoms with Crippen molar-refractivity contribution in [2.24, 2.45) is 0 Å². The Balaban J connectivity index is 2.08. The Bertz CT molecular complexity index is 595. The van der Waals surface area contributed by atoms with E-state index in [1.165, 1.54) is 6.26 Å². The van der Waals surface area contributed by atoms with E-state index in [9.17, 15) is 8.42 Å². The van der Waals surface area contributed by atoms with Crippen LogP contribution in [0.15, 0.2) is 6.07 Å². The predicted molar refractivity (Wildman–Crippen MR) is 84.0 cm³/mol. The molecule has 0 aliphatic carbocycles. The maximum Gasteiger partial charge on any atom is 0.211 e. The Kier molecular flexibility index (Phi) is 4.83. The zero-order valence-electron chi connectivity index (χ0n) is 13.2. The highest BCUT2D eigenvalue weighted by atomic mass is 32.2. The van der Waals surface area contributed by atoms with Gasteiger partial charge in [0.15, 0.2) is 0 Å². The molecular weight excluding hydrogens is 288 g/mol. The molecule has 2 rings (SSSR count). The molecule has 1 aromatic heterocycles. The Labute approximate surface area is 127 Å². The summed E-state index contributed by atoms with van der Waals surface area (Å²) in [6.07, 6.45) is 3.75. The van der Waals surface area contributed by atoms with Crippen molar-refractivity contribution in [3.63, 3.8) is 0 Å². The van der Waals surface area contributed by atoms with Crippen molar-refractivity contribution in [3.8, 4) is 0 Å². The van der Waals surface area contributed by atoms with E-state index in [-0.39, 0.29) is 0 Å². The number of piperidine rings is 1. The largest absolute Gasteiger partial charge is 0.356 e. The highest BCUT2D eigenvalue weighted by Crippen LogP contribution is 2.22. The van der Waals surface area contributed by atoms with Gasteiger partial charge in [-0.1, -0.05) is 6.92 Å². The van der Waals surface area contributed by atoms with E-state index in [0.29, 0.717) is 19.1 Å². The molecule has 0 atom stereocenters. The molecule has 21 heavy (non-hydrogen) atoms. The summed E-state index contributed by atoms with van der Waals surface area (Å²) in [7, 11) is -1.04. The smallest absolute Gasteiger partial charge is 0.211 e. The lowest BCUT2D eigenvalue weighted by atomic mass is 10.1. The molecule has 0 amide bonds. The zero-order valence-corrected chi connectivity index (χ0v) is 14.0. The molecule has 0 aromatic carbocycles. The minimum atomic E-state index is -3.07. The quantitative estimate of drug-likeness (QED) is 0.836. The Morgan fingerprint density at radius 2 is 1.95 bits per heavy atom. The molecule has 0 N–H and O–H groups in total. The number of nitrogens with zero attached hydrogens (tertiary/aromatic N) is 4. The molecule has 0 radical (unpaired) electrons. The topological polar surface area (TPSA) is 66.4 Å². The first kappa shape index (κ1) is 16.2. The molecule has 1 aliphatic rings. The molecule has 7 heteroatoms. The van der Waals surface area contributed by atoms with Gasteiger partial charge in [0.25, 0.3) is 0 Å². The van der Waals surface area contributed by atoms with Gasteiger partial charge < -0.3 is 4.90 Å². The van der Waals surface area contributed by atoms with Crippen LogP contribution in [0.5, 0.6) is 0 Å². The number of anilines is 1. The standard InChI is InChI=1S/C14H24N4O2S/c1-5-13-15-11(2)10-14(16-13)17(3)12-6-8-18(9-7-12)21(4,19)20/h10,12H,5-9H2,1-4H3. The van der Waals surface area contributed by atoms with E-state index < -0.39 is 10.0 Å². The van der Waals surface area contributed by atoms with Crippen molar-refractivity contribution in [2.45, 2.75) is 39.2 Å². The Hall–Kier alpha value is -1.21. The summed E-state index contributed by atoms with van der Waals surface area (Å²) in [4.78, 5) is 11.1. The van der Waals surface area contributed by atoms with Crippen molar-refractivity contribution in [1.82, 2.24) is 14.3 Å². The molecule has 1 aromatic rings. The van der Waals surface area contributed by atoms with Crippen LogP contribution in [0, 0.1) is 6.92 Å². The fraction of sp³-hybridized carbons (Fsp3) is 0.714. The summed E-state index contributed by atoms with van der Waals surface area (Å²) < 4.78 is 24.7. The number of rotatable bonds is 4. The molecule has 0 bridgehead atoms. The van der Waals surface area contributed by atoms with Crippen molar-refractivity contribution in [2.75, 3.05) is 31.3 Å². The molecule has 0 unspecified atom stereocenters. The third-order valence-electron chi connectivity index (χ3n) is 4.00. The van der Waals surface area contributed by atoms with Crippen LogP contribution in [0.1, 0.15) is 31.3 Å². The zero-order chi connectivity index (χ0) is 15.6. The van der Waals surface area contributed by atoms with Gasteiger partial charge in [-0.15, -0.1) is 0 Å². The van der Waals surface area contributed by atoms with Gasteiger partial charge in [-0.2, -0.15) is 0 Å². The number of hydrogen-bond donors (Lipinski definition) is 0. The van der Waals surface area contributed by atoms with Gasteiger partial charge in [-0.25, -0.2) is 22.7 Å². The van der Waals surface area contributed by atoms with Crippen LogP contribution in [-0.2, 0) is 16.4 Å². The number of aromatic nitrogens is 2. The summed E-state index contributed by atoms with van der Waals surface area (Å²) in [6, 6.07) is 2.31. The Morgan fingerprint density at radius 1 is 1.33 bits per heavy atom. The monoisotopic (exact) mass is 312 g/mol. The van der Waals surface area contributed by atoms with Crippen LogP contribution in [0.25, 0.3) is 0 Å². The molecule has 1 saturated heterocycles. The first-order valence-electron chi connectivity index (χ1n) is 7.33. The van der Waals surface area contributed by atoms with Crippen molar-refractivity contribution in [3.05, 3.63) is 17.6 Å². The van der Waals surface area contributed by atoms with E-state index in [4.69, 9.17) is 0 Å². The summed E-state index contributed by atoms with van der Waals surface area (Å²) >= 11 is 0. The Morgan fingerprint density at radius 3 is 2.48 bits per heavy atom. The summed E-state index contributed by atoms with van der Waals surface area (Å²) in [5, 5.41) is 0. The molecule has 0 spiro atoms. The van der Waals surface area contributed by atoms with Gasteiger partial charge in [0.1, 0.15) is 11.6 Å². The van der Waals surface area contributed by atoms with E-state index in [0.717, 1.165) is 36.6 Å². The van der Waals surface area contributed by atoms with Crippen LogP contribution in [-0.4, -0.2) is 55.1 Å². The molecule has 1 fully saturated rings. The third-order valence-corrected chi connectivity index (χ3v) is 5.31. The summed E-state index contributed by atoms with van der Waals surface area (Å²) in [5.74, 6) is 1.78. The van der Waals surface area contributed by atoms with Crippen LogP contribution in [0.3, 0.4) is 0 Å². The van der Waals surface area contributed by atoms with Crippen LogP contribution < -0.4 is 4.90 Å². The molecule has 2 heterocycles. The predicted octanol–water partition coefficient (Wildman–Crippen LogP) is 1.21. The second kappa shape index (κ2) is 6.27. The minimum absolute atomic E-state index is 0.321.